The summed E-state index contributed by atoms with van der Waals surface area (Å²) in [6.45, 7) is 10.3. The Morgan fingerprint density at radius 3 is 2.33 bits per heavy atom. The van der Waals surface area contributed by atoms with Crippen molar-refractivity contribution in [1.29, 1.82) is 0 Å². The number of nitrogens with one attached hydrogen (secondary N) is 1. The lowest BCUT2D eigenvalue weighted by Gasteiger charge is -2.35. The quantitative estimate of drug-likeness (QED) is 0.719. The molecular weight excluding hydrogens is 188 g/mol. The van der Waals surface area contributed by atoms with Crippen LogP contribution in [-0.4, -0.2) is 48.3 Å². The highest BCUT2D eigenvalue weighted by molar-refractivity contribution is 4.79. The smallest absolute Gasteiger partial charge is 0.0468 e. The number of likely N-dealkylation sites (tertiary alicyclic amines) is 1. The van der Waals surface area contributed by atoms with E-state index in [9.17, 15) is 0 Å². The Morgan fingerprint density at radius 2 is 1.87 bits per heavy atom. The van der Waals surface area contributed by atoms with Crippen LogP contribution in [0.5, 0.6) is 0 Å². The van der Waals surface area contributed by atoms with Crippen LogP contribution in [0.15, 0.2) is 0 Å². The Kier molecular flexibility index (Phi) is 5.58. The summed E-state index contributed by atoms with van der Waals surface area (Å²) in [4.78, 5) is 2.54. The van der Waals surface area contributed by atoms with Crippen LogP contribution < -0.4 is 5.32 Å². The average Bonchev–Trinajstić information content (AvgIpc) is 2.26. The van der Waals surface area contributed by atoms with E-state index in [1.165, 1.54) is 25.9 Å². The fourth-order valence-electron chi connectivity index (χ4n) is 2.05. The molecule has 0 aliphatic carbocycles. The van der Waals surface area contributed by atoms with Crippen LogP contribution in [0, 0.1) is 5.92 Å². The van der Waals surface area contributed by atoms with Gasteiger partial charge in [0.05, 0.1) is 0 Å². The minimum Gasteiger partial charge on any atom is -0.396 e. The van der Waals surface area contributed by atoms with Gasteiger partial charge in [0.15, 0.2) is 0 Å². The number of hydrogen-bond donors (Lipinski definition) is 2. The maximum Gasteiger partial charge on any atom is 0.0468 e. The van der Waals surface area contributed by atoms with E-state index in [4.69, 9.17) is 5.11 Å². The minimum atomic E-state index is 0.290. The maximum absolute atomic E-state index is 8.93. The monoisotopic (exact) mass is 214 g/mol. The lowest BCUT2D eigenvalue weighted by molar-refractivity contribution is 0.155. The second kappa shape index (κ2) is 6.46. The molecule has 1 atom stereocenters. The Labute approximate surface area is 93.9 Å². The molecule has 0 bridgehead atoms. The fraction of sp³-hybridized carbons (Fsp3) is 1.00. The van der Waals surface area contributed by atoms with Gasteiger partial charge in [-0.15, -0.1) is 0 Å². The highest BCUT2D eigenvalue weighted by Crippen LogP contribution is 2.12. The largest absolute Gasteiger partial charge is 0.396 e. The normalized spacial score (nSPS) is 22.2. The van der Waals surface area contributed by atoms with Gasteiger partial charge < -0.3 is 15.3 Å². The molecule has 2 N–H and O–H groups in total. The van der Waals surface area contributed by atoms with E-state index in [-0.39, 0.29) is 6.61 Å². The van der Waals surface area contributed by atoms with E-state index in [1.54, 1.807) is 0 Å². The molecule has 0 radical (unpaired) electrons. The first-order valence-electron chi connectivity index (χ1n) is 6.21. The summed E-state index contributed by atoms with van der Waals surface area (Å²) in [7, 11) is 0. The molecule has 1 saturated heterocycles. The van der Waals surface area contributed by atoms with Gasteiger partial charge in [0.2, 0.25) is 0 Å². The molecule has 1 rings (SSSR count). The fourth-order valence-corrected chi connectivity index (χ4v) is 2.05. The predicted octanol–water partition coefficient (Wildman–Crippen LogP) is 1.08. The third-order valence-corrected chi connectivity index (χ3v) is 3.33. The van der Waals surface area contributed by atoms with Crippen molar-refractivity contribution < 1.29 is 5.11 Å². The standard InChI is InChI=1S/C12H26N2O/c1-10(2)14-6-4-12(5-7-14)13-8-11(3)9-15/h10-13,15H,4-9H2,1-3H3. The van der Waals surface area contributed by atoms with Crippen LogP contribution in [-0.2, 0) is 0 Å². The van der Waals surface area contributed by atoms with Gasteiger partial charge in [-0.3, -0.25) is 0 Å². The molecule has 3 heteroatoms. The van der Waals surface area contributed by atoms with Crippen molar-refractivity contribution in [3.05, 3.63) is 0 Å². The predicted molar refractivity (Wildman–Crippen MR) is 64.0 cm³/mol. The van der Waals surface area contributed by atoms with Gasteiger partial charge in [0.25, 0.3) is 0 Å². The molecule has 15 heavy (non-hydrogen) atoms. The third kappa shape index (κ3) is 4.49. The SMILES string of the molecule is CC(CO)CNC1CCN(C(C)C)CC1. The molecule has 1 unspecified atom stereocenters. The topological polar surface area (TPSA) is 35.5 Å². The lowest BCUT2D eigenvalue weighted by Crippen LogP contribution is -2.46. The number of nitrogens with zero attached hydrogens (tertiary/aromatic N) is 1. The van der Waals surface area contributed by atoms with Gasteiger partial charge >= 0.3 is 0 Å². The maximum atomic E-state index is 8.93. The molecule has 0 amide bonds. The van der Waals surface area contributed by atoms with E-state index in [0.29, 0.717) is 18.0 Å². The number of aliphatic hydroxyl groups is 1. The van der Waals surface area contributed by atoms with Crippen molar-refractivity contribution >= 4 is 0 Å². The molecule has 1 heterocycles. The Hall–Kier alpha value is -0.120. The molecule has 1 aliphatic rings. The first-order chi connectivity index (χ1) is 7.13. The van der Waals surface area contributed by atoms with Crippen LogP contribution in [0.1, 0.15) is 33.6 Å². The van der Waals surface area contributed by atoms with Crippen LogP contribution in [0.3, 0.4) is 0 Å². The van der Waals surface area contributed by atoms with Crippen molar-refractivity contribution in [3.63, 3.8) is 0 Å². The second-order valence-electron chi connectivity index (χ2n) is 5.10. The van der Waals surface area contributed by atoms with Crippen molar-refractivity contribution in [1.82, 2.24) is 10.2 Å². The zero-order valence-corrected chi connectivity index (χ0v) is 10.4. The van der Waals surface area contributed by atoms with Crippen LogP contribution in [0.2, 0.25) is 0 Å². The molecule has 90 valence electrons. The molecular formula is C12H26N2O. The summed E-state index contributed by atoms with van der Waals surface area (Å²) < 4.78 is 0. The zero-order valence-electron chi connectivity index (χ0n) is 10.4. The van der Waals surface area contributed by atoms with Gasteiger partial charge in [0.1, 0.15) is 0 Å². The number of hydrogen-bond acceptors (Lipinski definition) is 3. The van der Waals surface area contributed by atoms with E-state index >= 15 is 0 Å². The summed E-state index contributed by atoms with van der Waals surface area (Å²) in [5.41, 5.74) is 0. The van der Waals surface area contributed by atoms with Crippen LogP contribution >= 0.6 is 0 Å². The Morgan fingerprint density at radius 1 is 1.27 bits per heavy atom. The Balaban J connectivity index is 2.14. The van der Waals surface area contributed by atoms with Crippen molar-refractivity contribution in [3.8, 4) is 0 Å². The second-order valence-corrected chi connectivity index (χ2v) is 5.10. The lowest BCUT2D eigenvalue weighted by atomic mass is 10.0. The number of aliphatic hydroxyl groups excluding tert-OH is 1. The molecule has 1 fully saturated rings. The van der Waals surface area contributed by atoms with Gasteiger partial charge in [-0.05, 0) is 45.7 Å². The molecule has 1 aliphatic heterocycles. The van der Waals surface area contributed by atoms with E-state index in [2.05, 4.69) is 31.0 Å². The first kappa shape index (κ1) is 12.9. The van der Waals surface area contributed by atoms with Crippen molar-refractivity contribution in [2.45, 2.75) is 45.7 Å². The van der Waals surface area contributed by atoms with Crippen molar-refractivity contribution in [2.24, 2.45) is 5.92 Å². The molecule has 0 aromatic heterocycles. The van der Waals surface area contributed by atoms with Crippen LogP contribution in [0.25, 0.3) is 0 Å². The van der Waals surface area contributed by atoms with E-state index in [0.717, 1.165) is 6.54 Å². The first-order valence-corrected chi connectivity index (χ1v) is 6.21. The van der Waals surface area contributed by atoms with Gasteiger partial charge in [-0.25, -0.2) is 0 Å². The van der Waals surface area contributed by atoms with E-state index in [1.807, 2.05) is 0 Å². The average molecular weight is 214 g/mol. The summed E-state index contributed by atoms with van der Waals surface area (Å²) in [6.07, 6.45) is 2.49. The summed E-state index contributed by atoms with van der Waals surface area (Å²) >= 11 is 0. The van der Waals surface area contributed by atoms with Crippen LogP contribution in [0.4, 0.5) is 0 Å². The molecule has 0 saturated carbocycles. The zero-order chi connectivity index (χ0) is 11.3. The summed E-state index contributed by atoms with van der Waals surface area (Å²) in [5, 5.41) is 12.5. The molecule has 0 spiro atoms. The van der Waals surface area contributed by atoms with Crippen molar-refractivity contribution in [2.75, 3.05) is 26.2 Å². The van der Waals surface area contributed by atoms with Gasteiger partial charge in [-0.1, -0.05) is 6.92 Å². The highest BCUT2D eigenvalue weighted by atomic mass is 16.3. The van der Waals surface area contributed by atoms with E-state index < -0.39 is 0 Å². The summed E-state index contributed by atoms with van der Waals surface area (Å²) in [5.74, 6) is 0.383. The summed E-state index contributed by atoms with van der Waals surface area (Å²) in [6, 6.07) is 1.34. The Bertz CT molecular complexity index is 165. The minimum absolute atomic E-state index is 0.290. The third-order valence-electron chi connectivity index (χ3n) is 3.33. The number of rotatable bonds is 5. The molecule has 0 aromatic rings. The molecule has 0 aromatic carbocycles. The van der Waals surface area contributed by atoms with Gasteiger partial charge in [0, 0.05) is 25.2 Å². The van der Waals surface area contributed by atoms with Gasteiger partial charge in [-0.2, -0.15) is 0 Å². The number of piperidine rings is 1. The molecule has 3 nitrogen and oxygen atoms in total. The highest BCUT2D eigenvalue weighted by Gasteiger charge is 2.20.